The Hall–Kier alpha value is -1.50. The molecule has 0 saturated heterocycles. The molecule has 6 nitrogen and oxygen atoms in total. The SMILES string of the molecule is CN(Cc1ncn[nH]1)C(=O)CC(N)=S. The van der Waals surface area contributed by atoms with E-state index in [-0.39, 0.29) is 17.3 Å². The van der Waals surface area contributed by atoms with E-state index >= 15 is 0 Å². The number of carbonyl (C=O) groups is 1. The number of hydrogen-bond acceptors (Lipinski definition) is 4. The van der Waals surface area contributed by atoms with E-state index in [1.807, 2.05) is 0 Å². The molecule has 0 fully saturated rings. The van der Waals surface area contributed by atoms with Crippen LogP contribution < -0.4 is 5.73 Å². The molecule has 0 unspecified atom stereocenters. The third-order valence-electron chi connectivity index (χ3n) is 1.60. The number of rotatable bonds is 4. The molecule has 0 aromatic carbocycles. The average molecular weight is 213 g/mol. The van der Waals surface area contributed by atoms with Gasteiger partial charge in [-0.1, -0.05) is 12.2 Å². The standard InChI is InChI=1S/C7H11N5OS/c1-12(7(13)2-5(8)14)3-6-9-4-10-11-6/h4H,2-3H2,1H3,(H2,8,14)(H,9,10,11). The molecule has 1 amide bonds. The highest BCUT2D eigenvalue weighted by Gasteiger charge is 2.11. The Kier molecular flexibility index (Phi) is 3.52. The van der Waals surface area contributed by atoms with Gasteiger partial charge in [-0.05, 0) is 0 Å². The van der Waals surface area contributed by atoms with Gasteiger partial charge in [0.15, 0.2) is 0 Å². The second-order valence-corrected chi connectivity index (χ2v) is 3.35. The van der Waals surface area contributed by atoms with Crippen molar-refractivity contribution < 1.29 is 4.79 Å². The summed E-state index contributed by atoms with van der Waals surface area (Å²) in [5.74, 6) is 0.498. The second-order valence-electron chi connectivity index (χ2n) is 2.83. The van der Waals surface area contributed by atoms with E-state index in [2.05, 4.69) is 27.4 Å². The number of amides is 1. The maximum Gasteiger partial charge on any atom is 0.229 e. The van der Waals surface area contributed by atoms with Crippen LogP contribution in [-0.4, -0.2) is 38.0 Å². The number of thiocarbonyl (C=S) groups is 1. The van der Waals surface area contributed by atoms with Crippen molar-refractivity contribution in [3.05, 3.63) is 12.2 Å². The predicted molar refractivity (Wildman–Crippen MR) is 54.3 cm³/mol. The summed E-state index contributed by atoms with van der Waals surface area (Å²) in [5.41, 5.74) is 5.25. The number of H-pyrrole nitrogens is 1. The second kappa shape index (κ2) is 4.66. The Labute approximate surface area is 86.5 Å². The molecule has 0 aliphatic rings. The third-order valence-corrected chi connectivity index (χ3v) is 1.75. The summed E-state index contributed by atoms with van der Waals surface area (Å²) in [6, 6.07) is 0. The first-order chi connectivity index (χ1) is 6.59. The first kappa shape index (κ1) is 10.6. The van der Waals surface area contributed by atoms with Crippen LogP contribution in [0.4, 0.5) is 0 Å². The lowest BCUT2D eigenvalue weighted by Crippen LogP contribution is -2.30. The fourth-order valence-electron chi connectivity index (χ4n) is 0.904. The Morgan fingerprint density at radius 2 is 2.50 bits per heavy atom. The van der Waals surface area contributed by atoms with Gasteiger partial charge in [0.05, 0.1) is 18.0 Å². The molecule has 0 aliphatic carbocycles. The van der Waals surface area contributed by atoms with Crippen LogP contribution in [0, 0.1) is 0 Å². The Bertz CT molecular complexity index is 323. The van der Waals surface area contributed by atoms with Crippen molar-refractivity contribution in [3.8, 4) is 0 Å². The van der Waals surface area contributed by atoms with Crippen LogP contribution in [-0.2, 0) is 11.3 Å². The molecule has 0 spiro atoms. The van der Waals surface area contributed by atoms with Gasteiger partial charge in [0.25, 0.3) is 0 Å². The number of aromatic amines is 1. The van der Waals surface area contributed by atoms with Crippen LogP contribution in [0.1, 0.15) is 12.2 Å². The van der Waals surface area contributed by atoms with E-state index < -0.39 is 0 Å². The smallest absolute Gasteiger partial charge is 0.229 e. The van der Waals surface area contributed by atoms with Crippen molar-refractivity contribution in [2.45, 2.75) is 13.0 Å². The van der Waals surface area contributed by atoms with E-state index in [1.165, 1.54) is 11.2 Å². The summed E-state index contributed by atoms with van der Waals surface area (Å²) in [4.78, 5) is 16.9. The van der Waals surface area contributed by atoms with E-state index in [4.69, 9.17) is 5.73 Å². The molecule has 7 heteroatoms. The molecule has 0 radical (unpaired) electrons. The summed E-state index contributed by atoms with van der Waals surface area (Å²) < 4.78 is 0. The quantitative estimate of drug-likeness (QED) is 0.654. The topological polar surface area (TPSA) is 87.9 Å². The summed E-state index contributed by atoms with van der Waals surface area (Å²) in [5, 5.41) is 6.33. The number of aromatic nitrogens is 3. The predicted octanol–water partition coefficient (Wildman–Crippen LogP) is -0.561. The average Bonchev–Trinajstić information content (AvgIpc) is 2.55. The first-order valence-electron chi connectivity index (χ1n) is 3.96. The molecule has 14 heavy (non-hydrogen) atoms. The zero-order valence-corrected chi connectivity index (χ0v) is 8.54. The molecule has 1 heterocycles. The van der Waals surface area contributed by atoms with Gasteiger partial charge in [-0.3, -0.25) is 9.89 Å². The van der Waals surface area contributed by atoms with Crippen molar-refractivity contribution in [1.29, 1.82) is 0 Å². The van der Waals surface area contributed by atoms with Crippen molar-refractivity contribution in [1.82, 2.24) is 20.1 Å². The van der Waals surface area contributed by atoms with Crippen LogP contribution in [0.3, 0.4) is 0 Å². The van der Waals surface area contributed by atoms with Gasteiger partial charge in [0.1, 0.15) is 12.2 Å². The summed E-state index contributed by atoms with van der Waals surface area (Å²) in [7, 11) is 1.66. The number of nitrogens with one attached hydrogen (secondary N) is 1. The van der Waals surface area contributed by atoms with Gasteiger partial charge in [0.2, 0.25) is 5.91 Å². The molecule has 76 valence electrons. The summed E-state index contributed by atoms with van der Waals surface area (Å²) in [6.45, 7) is 0.376. The fraction of sp³-hybridized carbons (Fsp3) is 0.429. The van der Waals surface area contributed by atoms with Gasteiger partial charge in [0, 0.05) is 7.05 Å². The van der Waals surface area contributed by atoms with Gasteiger partial charge in [-0.25, -0.2) is 4.98 Å². The van der Waals surface area contributed by atoms with Crippen molar-refractivity contribution in [2.75, 3.05) is 7.05 Å². The molecule has 1 aromatic rings. The summed E-state index contributed by atoms with van der Waals surface area (Å²) >= 11 is 4.63. The minimum absolute atomic E-state index is 0.0833. The number of hydrogen-bond donors (Lipinski definition) is 2. The lowest BCUT2D eigenvalue weighted by Gasteiger charge is -2.14. The molecular formula is C7H11N5OS. The maximum absolute atomic E-state index is 11.4. The lowest BCUT2D eigenvalue weighted by molar-refractivity contribution is -0.129. The normalized spacial score (nSPS) is 9.79. The highest BCUT2D eigenvalue weighted by molar-refractivity contribution is 7.80. The number of nitrogens with two attached hydrogens (primary N) is 1. The molecule has 0 bridgehead atoms. The molecule has 1 rings (SSSR count). The summed E-state index contributed by atoms with van der Waals surface area (Å²) in [6.07, 6.45) is 1.47. The highest BCUT2D eigenvalue weighted by Crippen LogP contribution is 1.97. The Morgan fingerprint density at radius 3 is 3.00 bits per heavy atom. The monoisotopic (exact) mass is 213 g/mol. The molecule has 0 aliphatic heterocycles. The van der Waals surface area contributed by atoms with Crippen LogP contribution >= 0.6 is 12.2 Å². The van der Waals surface area contributed by atoms with Crippen molar-refractivity contribution in [3.63, 3.8) is 0 Å². The van der Waals surface area contributed by atoms with Crippen LogP contribution in [0.15, 0.2) is 6.33 Å². The van der Waals surface area contributed by atoms with Crippen LogP contribution in [0.25, 0.3) is 0 Å². The van der Waals surface area contributed by atoms with Crippen LogP contribution in [0.2, 0.25) is 0 Å². The van der Waals surface area contributed by atoms with Gasteiger partial charge >= 0.3 is 0 Å². The van der Waals surface area contributed by atoms with Gasteiger partial charge in [-0.2, -0.15) is 5.10 Å². The molecule has 1 aromatic heterocycles. The van der Waals surface area contributed by atoms with Gasteiger partial charge < -0.3 is 10.6 Å². The molecule has 0 saturated carbocycles. The van der Waals surface area contributed by atoms with E-state index in [0.29, 0.717) is 12.4 Å². The fourth-order valence-corrected chi connectivity index (χ4v) is 1.03. The number of carbonyl (C=O) groups excluding carboxylic acids is 1. The van der Waals surface area contributed by atoms with Gasteiger partial charge in [-0.15, -0.1) is 0 Å². The third kappa shape index (κ3) is 3.09. The zero-order chi connectivity index (χ0) is 10.6. The Balaban J connectivity index is 2.46. The number of nitrogens with zero attached hydrogens (tertiary/aromatic N) is 3. The maximum atomic E-state index is 11.4. The van der Waals surface area contributed by atoms with Crippen molar-refractivity contribution >= 4 is 23.1 Å². The van der Waals surface area contributed by atoms with Crippen molar-refractivity contribution in [2.24, 2.45) is 5.73 Å². The molecular weight excluding hydrogens is 202 g/mol. The minimum atomic E-state index is -0.131. The minimum Gasteiger partial charge on any atom is -0.393 e. The molecule has 0 atom stereocenters. The molecule has 3 N–H and O–H groups in total. The first-order valence-corrected chi connectivity index (χ1v) is 4.37. The zero-order valence-electron chi connectivity index (χ0n) is 7.73. The van der Waals surface area contributed by atoms with E-state index in [0.717, 1.165) is 0 Å². The largest absolute Gasteiger partial charge is 0.393 e. The van der Waals surface area contributed by atoms with Crippen LogP contribution in [0.5, 0.6) is 0 Å². The van der Waals surface area contributed by atoms with E-state index in [9.17, 15) is 4.79 Å². The van der Waals surface area contributed by atoms with E-state index in [1.54, 1.807) is 7.05 Å². The highest BCUT2D eigenvalue weighted by atomic mass is 32.1. The Morgan fingerprint density at radius 1 is 1.79 bits per heavy atom. The lowest BCUT2D eigenvalue weighted by atomic mass is 10.3.